The molecule has 0 spiro atoms. The molecule has 1 saturated heterocycles. The highest BCUT2D eigenvalue weighted by atomic mass is 32.1. The zero-order valence-electron chi connectivity index (χ0n) is 17.9. The average Bonchev–Trinajstić information content (AvgIpc) is 3.41. The number of hydrogen-bond donors (Lipinski definition) is 1. The Labute approximate surface area is 194 Å². The summed E-state index contributed by atoms with van der Waals surface area (Å²) in [6.07, 6.45) is 0.363. The fourth-order valence-electron chi connectivity index (χ4n) is 3.66. The van der Waals surface area contributed by atoms with Crippen molar-refractivity contribution < 1.29 is 23.5 Å². The molecule has 0 bridgehead atoms. The van der Waals surface area contributed by atoms with Crippen LogP contribution in [-0.2, 0) is 16.0 Å². The summed E-state index contributed by atoms with van der Waals surface area (Å²) in [5.74, 6) is -0.724. The van der Waals surface area contributed by atoms with Crippen molar-refractivity contribution in [2.24, 2.45) is 0 Å². The lowest BCUT2D eigenvalue weighted by atomic mass is 10.1. The second kappa shape index (κ2) is 9.83. The monoisotopic (exact) mass is 467 g/mol. The number of ether oxygens (including phenoxy) is 1. The molecule has 2 heterocycles. The van der Waals surface area contributed by atoms with Crippen LogP contribution < -0.4 is 15.0 Å². The van der Waals surface area contributed by atoms with Crippen LogP contribution >= 0.6 is 11.3 Å². The molecular formula is C24H22FN3O4S. The molecule has 4 amide bonds. The Morgan fingerprint density at radius 2 is 1.82 bits per heavy atom. The third-order valence-corrected chi connectivity index (χ3v) is 6.27. The van der Waals surface area contributed by atoms with Crippen molar-refractivity contribution in [3.8, 4) is 5.75 Å². The smallest absolute Gasteiger partial charge is 0.332 e. The molecule has 1 atom stereocenters. The Bertz CT molecular complexity index is 1130. The molecular weight excluding hydrogens is 445 g/mol. The molecule has 1 aliphatic heterocycles. The van der Waals surface area contributed by atoms with Gasteiger partial charge in [0.2, 0.25) is 5.91 Å². The van der Waals surface area contributed by atoms with Crippen LogP contribution in [0.3, 0.4) is 0 Å². The molecule has 1 fully saturated rings. The van der Waals surface area contributed by atoms with E-state index in [2.05, 4.69) is 5.32 Å². The van der Waals surface area contributed by atoms with E-state index in [-0.39, 0.29) is 6.42 Å². The zero-order chi connectivity index (χ0) is 23.4. The molecule has 0 unspecified atom stereocenters. The maximum Gasteiger partial charge on any atom is 0.332 e. The van der Waals surface area contributed by atoms with Gasteiger partial charge in [-0.15, -0.1) is 11.3 Å². The number of anilines is 2. The standard InChI is InChI=1S/C24H22FN3O4S/c1-32-19-10-8-18(9-11-19)28-23(30)21(15-22(29)26-17-6-4-16(25)5-7-17)27(24(28)31)13-12-20-3-2-14-33-20/h2-11,14,21H,12-13,15H2,1H3,(H,26,29)/t21-/m1/s1. The highest BCUT2D eigenvalue weighted by Crippen LogP contribution is 2.29. The highest BCUT2D eigenvalue weighted by molar-refractivity contribution is 7.09. The van der Waals surface area contributed by atoms with Crippen LogP contribution in [0.5, 0.6) is 5.75 Å². The van der Waals surface area contributed by atoms with Crippen molar-refractivity contribution in [3.05, 3.63) is 76.7 Å². The van der Waals surface area contributed by atoms with Gasteiger partial charge in [-0.3, -0.25) is 9.59 Å². The molecule has 2 aromatic carbocycles. The van der Waals surface area contributed by atoms with E-state index in [9.17, 15) is 18.8 Å². The number of nitrogens with one attached hydrogen (secondary N) is 1. The van der Waals surface area contributed by atoms with Crippen LogP contribution in [0, 0.1) is 5.82 Å². The zero-order valence-corrected chi connectivity index (χ0v) is 18.7. The number of nitrogens with zero attached hydrogens (tertiary/aromatic N) is 2. The van der Waals surface area contributed by atoms with Gasteiger partial charge >= 0.3 is 6.03 Å². The van der Waals surface area contributed by atoms with Gasteiger partial charge in [-0.1, -0.05) is 6.07 Å². The van der Waals surface area contributed by atoms with Crippen molar-refractivity contribution in [1.82, 2.24) is 4.90 Å². The summed E-state index contributed by atoms with van der Waals surface area (Å²) in [6, 6.07) is 14.4. The van der Waals surface area contributed by atoms with E-state index < -0.39 is 29.7 Å². The summed E-state index contributed by atoms with van der Waals surface area (Å²) >= 11 is 1.57. The molecule has 9 heteroatoms. The minimum absolute atomic E-state index is 0.209. The molecule has 4 rings (SSSR count). The third kappa shape index (κ3) is 5.04. The molecule has 1 aromatic heterocycles. The molecule has 1 aliphatic rings. The van der Waals surface area contributed by atoms with Gasteiger partial charge < -0.3 is 15.0 Å². The van der Waals surface area contributed by atoms with Crippen LogP contribution in [0.1, 0.15) is 11.3 Å². The van der Waals surface area contributed by atoms with Crippen LogP contribution in [0.4, 0.5) is 20.6 Å². The molecule has 0 saturated carbocycles. The van der Waals surface area contributed by atoms with Crippen molar-refractivity contribution in [2.45, 2.75) is 18.9 Å². The van der Waals surface area contributed by atoms with Gasteiger partial charge in [-0.25, -0.2) is 14.1 Å². The predicted octanol–water partition coefficient (Wildman–Crippen LogP) is 4.30. The number of methoxy groups -OCH3 is 1. The molecule has 170 valence electrons. The third-order valence-electron chi connectivity index (χ3n) is 5.34. The van der Waals surface area contributed by atoms with Gasteiger partial charge in [0.15, 0.2) is 0 Å². The predicted molar refractivity (Wildman–Crippen MR) is 124 cm³/mol. The number of amides is 4. The number of rotatable bonds is 8. The van der Waals surface area contributed by atoms with Crippen molar-refractivity contribution in [3.63, 3.8) is 0 Å². The molecule has 3 aromatic rings. The molecule has 33 heavy (non-hydrogen) atoms. The summed E-state index contributed by atoms with van der Waals surface area (Å²) in [5, 5.41) is 4.61. The van der Waals surface area contributed by atoms with E-state index in [0.717, 1.165) is 9.78 Å². The summed E-state index contributed by atoms with van der Waals surface area (Å²) in [4.78, 5) is 42.8. The van der Waals surface area contributed by atoms with Gasteiger partial charge in [-0.2, -0.15) is 0 Å². The Morgan fingerprint density at radius 3 is 2.45 bits per heavy atom. The Hall–Kier alpha value is -3.72. The topological polar surface area (TPSA) is 79.0 Å². The largest absolute Gasteiger partial charge is 0.497 e. The fraction of sp³-hybridized carbons (Fsp3) is 0.208. The van der Waals surface area contributed by atoms with Gasteiger partial charge in [0.05, 0.1) is 19.2 Å². The van der Waals surface area contributed by atoms with Crippen LogP contribution in [0.15, 0.2) is 66.0 Å². The SMILES string of the molecule is COc1ccc(N2C(=O)[C@@H](CC(=O)Nc3ccc(F)cc3)N(CCc3cccs3)C2=O)cc1. The van der Waals surface area contributed by atoms with Crippen molar-refractivity contribution >= 4 is 40.6 Å². The number of carbonyl (C=O) groups excluding carboxylic acids is 3. The fourth-order valence-corrected chi connectivity index (χ4v) is 4.36. The highest BCUT2D eigenvalue weighted by Gasteiger charge is 2.46. The summed E-state index contributed by atoms with van der Waals surface area (Å²) < 4.78 is 18.3. The summed E-state index contributed by atoms with van der Waals surface area (Å²) in [6.45, 7) is 0.298. The van der Waals surface area contributed by atoms with E-state index in [1.165, 1.54) is 36.3 Å². The Balaban J connectivity index is 1.54. The summed E-state index contributed by atoms with van der Waals surface area (Å²) in [5.41, 5.74) is 0.823. The number of hydrogen-bond acceptors (Lipinski definition) is 5. The lowest BCUT2D eigenvalue weighted by Gasteiger charge is -2.21. The minimum Gasteiger partial charge on any atom is -0.497 e. The van der Waals surface area contributed by atoms with Crippen molar-refractivity contribution in [1.29, 1.82) is 0 Å². The molecule has 0 aliphatic carbocycles. The molecule has 7 nitrogen and oxygen atoms in total. The summed E-state index contributed by atoms with van der Waals surface area (Å²) in [7, 11) is 1.53. The normalized spacial score (nSPS) is 15.8. The first-order chi connectivity index (χ1) is 16.0. The van der Waals surface area contributed by atoms with Gasteiger partial charge in [0, 0.05) is 17.1 Å². The lowest BCUT2D eigenvalue weighted by Crippen LogP contribution is -2.39. The van der Waals surface area contributed by atoms with E-state index in [1.54, 1.807) is 35.6 Å². The minimum atomic E-state index is -0.944. The van der Waals surface area contributed by atoms with E-state index in [0.29, 0.717) is 30.1 Å². The van der Waals surface area contributed by atoms with Gasteiger partial charge in [0.1, 0.15) is 17.6 Å². The quantitative estimate of drug-likeness (QED) is 0.501. The van der Waals surface area contributed by atoms with Gasteiger partial charge in [0.25, 0.3) is 5.91 Å². The van der Waals surface area contributed by atoms with Gasteiger partial charge in [-0.05, 0) is 66.4 Å². The van der Waals surface area contributed by atoms with Crippen molar-refractivity contribution in [2.75, 3.05) is 23.9 Å². The molecule has 0 radical (unpaired) electrons. The number of imide groups is 1. The maximum atomic E-state index is 13.3. The Morgan fingerprint density at radius 1 is 1.09 bits per heavy atom. The van der Waals surface area contributed by atoms with Crippen LogP contribution in [0.2, 0.25) is 0 Å². The first-order valence-electron chi connectivity index (χ1n) is 10.3. The number of carbonyl (C=O) groups is 3. The number of urea groups is 1. The molecule has 1 N–H and O–H groups in total. The van der Waals surface area contributed by atoms with E-state index >= 15 is 0 Å². The first-order valence-corrected chi connectivity index (χ1v) is 11.2. The van der Waals surface area contributed by atoms with E-state index in [1.807, 2.05) is 17.5 Å². The number of thiophene rings is 1. The second-order valence-corrected chi connectivity index (χ2v) is 8.48. The first kappa shape index (κ1) is 22.5. The maximum absolute atomic E-state index is 13.3. The van der Waals surface area contributed by atoms with Crippen LogP contribution in [-0.4, -0.2) is 42.4 Å². The number of halogens is 1. The van der Waals surface area contributed by atoms with E-state index in [4.69, 9.17) is 4.74 Å². The lowest BCUT2D eigenvalue weighted by molar-refractivity contribution is -0.124. The number of benzene rings is 2. The second-order valence-electron chi connectivity index (χ2n) is 7.45. The average molecular weight is 468 g/mol. The Kier molecular flexibility index (Phi) is 6.69. The van der Waals surface area contributed by atoms with Crippen LogP contribution in [0.25, 0.3) is 0 Å².